The van der Waals surface area contributed by atoms with Crippen molar-refractivity contribution in [3.8, 4) is 0 Å². The number of benzene rings is 2. The minimum atomic E-state index is -1.41. The summed E-state index contributed by atoms with van der Waals surface area (Å²) in [6, 6.07) is 15.3. The van der Waals surface area contributed by atoms with Gasteiger partial charge in [-0.1, -0.05) is 82.6 Å². The molecule has 1 heterocycles. The van der Waals surface area contributed by atoms with Gasteiger partial charge in [-0.25, -0.2) is 4.79 Å². The van der Waals surface area contributed by atoms with Crippen LogP contribution < -0.4 is 27.0 Å². The molecule has 3 aromatic rings. The van der Waals surface area contributed by atoms with E-state index in [9.17, 15) is 24.0 Å². The fourth-order valence-electron chi connectivity index (χ4n) is 7.48. The first-order chi connectivity index (χ1) is 24.9. The van der Waals surface area contributed by atoms with E-state index in [1.807, 2.05) is 82.3 Å². The van der Waals surface area contributed by atoms with Crippen LogP contribution in [0.2, 0.25) is 0 Å². The number of alkyl carbamates (subject to hydrolysis) is 1. The zero-order chi connectivity index (χ0) is 37.4. The molecule has 7 N–H and O–H groups in total. The van der Waals surface area contributed by atoms with Gasteiger partial charge in [0, 0.05) is 35.5 Å². The van der Waals surface area contributed by atoms with E-state index in [0.29, 0.717) is 32.2 Å². The van der Waals surface area contributed by atoms with Gasteiger partial charge < -0.3 is 36.7 Å². The number of carbonyl (C=O) groups is 5. The van der Waals surface area contributed by atoms with Crippen molar-refractivity contribution >= 4 is 40.6 Å². The van der Waals surface area contributed by atoms with Crippen molar-refractivity contribution in [2.24, 2.45) is 29.4 Å². The molecule has 12 nitrogen and oxygen atoms in total. The quantitative estimate of drug-likeness (QED) is 0.144. The molecule has 0 aliphatic heterocycles. The molecule has 12 heteroatoms. The van der Waals surface area contributed by atoms with Gasteiger partial charge >= 0.3 is 6.09 Å². The summed E-state index contributed by atoms with van der Waals surface area (Å²) in [4.78, 5) is 70.6. The van der Waals surface area contributed by atoms with E-state index in [-0.39, 0.29) is 54.9 Å². The Hall–Kier alpha value is -4.87. The Morgan fingerprint density at radius 2 is 1.60 bits per heavy atom. The van der Waals surface area contributed by atoms with Crippen LogP contribution in [0.1, 0.15) is 83.0 Å². The lowest BCUT2D eigenvalue weighted by Crippen LogP contribution is -2.67. The highest BCUT2D eigenvalue weighted by atomic mass is 16.5. The van der Waals surface area contributed by atoms with Gasteiger partial charge in [-0.05, 0) is 73.5 Å². The Morgan fingerprint density at radius 3 is 2.27 bits per heavy atom. The summed E-state index contributed by atoms with van der Waals surface area (Å²) in [5.41, 5.74) is 7.79. The Bertz CT molecular complexity index is 1730. The molecule has 0 saturated heterocycles. The van der Waals surface area contributed by atoms with Gasteiger partial charge in [-0.15, -0.1) is 0 Å². The lowest BCUT2D eigenvalue weighted by atomic mass is 9.78. The molecular formula is C40H54N6O6. The van der Waals surface area contributed by atoms with Crippen molar-refractivity contribution in [2.45, 2.75) is 103 Å². The Balaban J connectivity index is 1.35. The number of hydrogen-bond donors (Lipinski definition) is 6. The van der Waals surface area contributed by atoms with Crippen LogP contribution >= 0.6 is 0 Å². The van der Waals surface area contributed by atoms with Crippen LogP contribution in [0.15, 0.2) is 54.6 Å². The lowest BCUT2D eigenvalue weighted by Gasteiger charge is -2.39. The molecule has 0 radical (unpaired) electrons. The molecule has 5 rings (SSSR count). The summed E-state index contributed by atoms with van der Waals surface area (Å²) >= 11 is 0. The third-order valence-electron chi connectivity index (χ3n) is 11.0. The van der Waals surface area contributed by atoms with Gasteiger partial charge in [0.15, 0.2) is 0 Å². The minimum absolute atomic E-state index is 0.0461. The number of fused-ring (bicyclic) bond motifs is 3. The maximum absolute atomic E-state index is 14.6. The number of amides is 5. The summed E-state index contributed by atoms with van der Waals surface area (Å²) in [5, 5.41) is 12.9. The number of para-hydroxylation sites is 1. The summed E-state index contributed by atoms with van der Waals surface area (Å²) < 4.78 is 5.46. The number of hydrogen-bond acceptors (Lipinski definition) is 6. The fraction of sp³-hybridized carbons (Fsp3) is 0.525. The number of aryl methyl sites for hydroxylation is 1. The van der Waals surface area contributed by atoms with Gasteiger partial charge in [0.05, 0.1) is 0 Å². The molecule has 4 atom stereocenters. The van der Waals surface area contributed by atoms with Crippen LogP contribution in [0.3, 0.4) is 0 Å². The van der Waals surface area contributed by atoms with Crippen molar-refractivity contribution in [2.75, 3.05) is 6.54 Å². The van der Waals surface area contributed by atoms with E-state index >= 15 is 0 Å². The molecule has 280 valence electrons. The van der Waals surface area contributed by atoms with Crippen molar-refractivity contribution in [1.29, 1.82) is 0 Å². The summed E-state index contributed by atoms with van der Waals surface area (Å²) in [5.74, 6) is -1.95. The predicted octanol–water partition coefficient (Wildman–Crippen LogP) is 4.40. The first kappa shape index (κ1) is 38.4. The van der Waals surface area contributed by atoms with E-state index in [2.05, 4.69) is 26.3 Å². The smallest absolute Gasteiger partial charge is 0.408 e. The van der Waals surface area contributed by atoms with Crippen molar-refractivity contribution in [1.82, 2.24) is 26.3 Å². The van der Waals surface area contributed by atoms with Crippen LogP contribution in [0.5, 0.6) is 0 Å². The maximum atomic E-state index is 14.6. The first-order valence-electron chi connectivity index (χ1n) is 18.7. The van der Waals surface area contributed by atoms with E-state index in [4.69, 9.17) is 10.5 Å². The number of nitrogens with one attached hydrogen (secondary N) is 5. The molecule has 1 fully saturated rings. The van der Waals surface area contributed by atoms with Gasteiger partial charge in [0.2, 0.25) is 23.6 Å². The zero-order valence-electron chi connectivity index (χ0n) is 30.8. The zero-order valence-corrected chi connectivity index (χ0v) is 30.8. The van der Waals surface area contributed by atoms with Crippen LogP contribution in [-0.2, 0) is 43.4 Å². The van der Waals surface area contributed by atoms with E-state index in [1.54, 1.807) is 0 Å². The highest BCUT2D eigenvalue weighted by Crippen LogP contribution is 2.35. The monoisotopic (exact) mass is 714 g/mol. The topological polar surface area (TPSA) is 185 Å². The van der Waals surface area contributed by atoms with Crippen LogP contribution in [-0.4, -0.2) is 58.9 Å². The van der Waals surface area contributed by atoms with E-state index in [1.165, 1.54) is 0 Å². The Kier molecular flexibility index (Phi) is 12.6. The van der Waals surface area contributed by atoms with Gasteiger partial charge in [-0.2, -0.15) is 0 Å². The average Bonchev–Trinajstić information content (AvgIpc) is 3.51. The highest BCUT2D eigenvalue weighted by molar-refractivity contribution is 5.98. The average molecular weight is 715 g/mol. The minimum Gasteiger partial charge on any atom is -0.445 e. The number of H-pyrrole nitrogens is 1. The molecule has 2 aliphatic rings. The van der Waals surface area contributed by atoms with Gasteiger partial charge in [0.25, 0.3) is 0 Å². The second-order valence-corrected chi connectivity index (χ2v) is 15.0. The molecule has 5 amide bonds. The molecular weight excluding hydrogens is 660 g/mol. The first-order valence-corrected chi connectivity index (χ1v) is 18.7. The van der Waals surface area contributed by atoms with Crippen molar-refractivity contribution in [3.05, 3.63) is 71.4 Å². The SMILES string of the molecule is CC[C@H](C)[C@H](NC(=O)OCc1ccccc1)C(=O)N[C@]1(C(=O)N[C@H](C(=O)NCC2CCC(C(N)=O)CC2)C(C)C)CCc2[nH]c3ccccc3c2C1. The summed E-state index contributed by atoms with van der Waals surface area (Å²) in [6.45, 7) is 8.02. The third-order valence-corrected chi connectivity index (χ3v) is 11.0. The van der Waals surface area contributed by atoms with Crippen LogP contribution in [0.4, 0.5) is 4.79 Å². The standard InChI is InChI=1S/C40H54N6O6/c1-5-25(4)34(45-39(51)52-23-27-11-7-6-8-12-27)37(49)46-40(20-19-32-30(21-40)29-13-9-10-14-31(29)43-32)38(50)44-33(24(2)3)36(48)42-22-26-15-17-28(18-16-26)35(41)47/h6-14,24-26,28,33-34,43H,5,15-23H2,1-4H3,(H2,41,47)(H,42,48)(H,44,50)(H,45,51)(H,46,49)/t25-,26?,28?,33-,34-,40+/m0/s1. The lowest BCUT2D eigenvalue weighted by molar-refractivity contribution is -0.138. The number of nitrogens with two attached hydrogens (primary N) is 1. The van der Waals surface area contributed by atoms with Crippen LogP contribution in [0, 0.1) is 23.7 Å². The van der Waals surface area contributed by atoms with E-state index in [0.717, 1.165) is 40.6 Å². The number of ether oxygens (including phenoxy) is 1. The number of rotatable bonds is 14. The normalized spacial score (nSPS) is 21.6. The number of carbonyl (C=O) groups excluding carboxylic acids is 5. The van der Waals surface area contributed by atoms with Gasteiger partial charge in [0.1, 0.15) is 24.2 Å². The molecule has 1 saturated carbocycles. The predicted molar refractivity (Wildman–Crippen MR) is 199 cm³/mol. The van der Waals surface area contributed by atoms with E-state index < -0.39 is 35.5 Å². The second-order valence-electron chi connectivity index (χ2n) is 15.0. The Morgan fingerprint density at radius 1 is 0.904 bits per heavy atom. The largest absolute Gasteiger partial charge is 0.445 e. The molecule has 2 aromatic carbocycles. The molecule has 1 aromatic heterocycles. The maximum Gasteiger partial charge on any atom is 0.408 e. The number of aromatic nitrogens is 1. The molecule has 52 heavy (non-hydrogen) atoms. The summed E-state index contributed by atoms with van der Waals surface area (Å²) in [7, 11) is 0. The molecule has 0 spiro atoms. The van der Waals surface area contributed by atoms with Crippen LogP contribution in [0.25, 0.3) is 10.9 Å². The fourth-order valence-corrected chi connectivity index (χ4v) is 7.48. The molecule has 0 unspecified atom stereocenters. The van der Waals surface area contributed by atoms with Crippen molar-refractivity contribution in [3.63, 3.8) is 0 Å². The second kappa shape index (κ2) is 17.1. The molecule has 0 bridgehead atoms. The summed E-state index contributed by atoms with van der Waals surface area (Å²) in [6.07, 6.45) is 3.82. The number of aromatic amines is 1. The third kappa shape index (κ3) is 9.13. The van der Waals surface area contributed by atoms with Gasteiger partial charge in [-0.3, -0.25) is 19.2 Å². The molecule has 2 aliphatic carbocycles. The number of primary amides is 1. The highest BCUT2D eigenvalue weighted by Gasteiger charge is 2.46. The Labute approximate surface area is 305 Å². The van der Waals surface area contributed by atoms with Crippen molar-refractivity contribution < 1.29 is 28.7 Å².